The van der Waals surface area contributed by atoms with Crippen molar-refractivity contribution in [2.45, 2.75) is 0 Å². The average Bonchev–Trinajstić information content (AvgIpc) is 3.24. The lowest BCUT2D eigenvalue weighted by molar-refractivity contribution is 0.884. The van der Waals surface area contributed by atoms with Crippen LogP contribution in [0.3, 0.4) is 0 Å². The van der Waals surface area contributed by atoms with Crippen LogP contribution in [0.25, 0.3) is 27.8 Å². The van der Waals surface area contributed by atoms with Crippen molar-refractivity contribution in [2.24, 2.45) is 5.10 Å². The number of rotatable bonds is 5. The van der Waals surface area contributed by atoms with Gasteiger partial charge in [-0.25, -0.2) is 9.67 Å². The van der Waals surface area contributed by atoms with Gasteiger partial charge in [-0.1, -0.05) is 66.7 Å². The number of hydrogen-bond acceptors (Lipinski definition) is 4. The van der Waals surface area contributed by atoms with E-state index in [0.717, 1.165) is 33.4 Å². The van der Waals surface area contributed by atoms with Crippen LogP contribution in [0.4, 0.5) is 5.82 Å². The first-order valence-corrected chi connectivity index (χ1v) is 9.72. The van der Waals surface area contributed by atoms with E-state index >= 15 is 0 Å². The fraction of sp³-hybridized carbons (Fsp3) is 0. The predicted molar refractivity (Wildman–Crippen MR) is 122 cm³/mol. The smallest absolute Gasteiger partial charge is 0.146 e. The minimum atomic E-state index is 0.696. The lowest BCUT2D eigenvalue weighted by atomic mass is 10.1. The highest BCUT2D eigenvalue weighted by atomic mass is 15.3. The predicted octanol–water partition coefficient (Wildman–Crippen LogP) is 5.53. The first-order chi connectivity index (χ1) is 14.9. The summed E-state index contributed by atoms with van der Waals surface area (Å²) >= 11 is 0. The molecule has 5 nitrogen and oxygen atoms in total. The van der Waals surface area contributed by atoms with Gasteiger partial charge < -0.3 is 0 Å². The van der Waals surface area contributed by atoms with E-state index in [4.69, 9.17) is 5.10 Å². The van der Waals surface area contributed by atoms with Crippen LogP contribution in [0.2, 0.25) is 0 Å². The molecule has 5 aromatic rings. The maximum absolute atomic E-state index is 4.80. The summed E-state index contributed by atoms with van der Waals surface area (Å²) in [5.74, 6) is 0.696. The van der Waals surface area contributed by atoms with Crippen LogP contribution in [-0.4, -0.2) is 21.0 Å². The molecule has 5 rings (SSSR count). The second kappa shape index (κ2) is 8.01. The first-order valence-electron chi connectivity index (χ1n) is 9.72. The van der Waals surface area contributed by atoms with Gasteiger partial charge in [0, 0.05) is 22.7 Å². The Labute approximate surface area is 174 Å². The fourth-order valence-electron chi connectivity index (χ4n) is 3.31. The van der Waals surface area contributed by atoms with Crippen molar-refractivity contribution in [1.29, 1.82) is 0 Å². The molecule has 0 saturated carbocycles. The van der Waals surface area contributed by atoms with E-state index in [0.29, 0.717) is 5.82 Å². The summed E-state index contributed by atoms with van der Waals surface area (Å²) in [5, 5.41) is 10.3. The Balaban J connectivity index is 1.46. The number of anilines is 1. The molecule has 0 unspecified atom stereocenters. The highest BCUT2D eigenvalue weighted by Crippen LogP contribution is 2.22. The van der Waals surface area contributed by atoms with E-state index in [1.54, 1.807) is 6.21 Å². The molecule has 30 heavy (non-hydrogen) atoms. The van der Waals surface area contributed by atoms with Gasteiger partial charge >= 0.3 is 0 Å². The van der Waals surface area contributed by atoms with Crippen molar-refractivity contribution in [2.75, 3.05) is 5.43 Å². The van der Waals surface area contributed by atoms with Gasteiger partial charge in [0.2, 0.25) is 0 Å². The topological polar surface area (TPSA) is 55.1 Å². The molecular weight excluding hydrogens is 370 g/mol. The lowest BCUT2D eigenvalue weighted by Crippen LogP contribution is -1.94. The van der Waals surface area contributed by atoms with Gasteiger partial charge in [0.05, 0.1) is 17.4 Å². The number of nitrogens with zero attached hydrogens (tertiary/aromatic N) is 4. The molecule has 0 aliphatic heterocycles. The van der Waals surface area contributed by atoms with Gasteiger partial charge in [-0.05, 0) is 30.3 Å². The van der Waals surface area contributed by atoms with Crippen molar-refractivity contribution in [3.63, 3.8) is 0 Å². The van der Waals surface area contributed by atoms with Crippen LogP contribution in [0, 0.1) is 0 Å². The largest absolute Gasteiger partial charge is 0.261 e. The van der Waals surface area contributed by atoms with E-state index < -0.39 is 0 Å². The number of hydrogen-bond donors (Lipinski definition) is 1. The number of benzene rings is 3. The zero-order valence-electron chi connectivity index (χ0n) is 16.2. The van der Waals surface area contributed by atoms with Crippen LogP contribution in [0.15, 0.2) is 108 Å². The molecule has 0 fully saturated rings. The van der Waals surface area contributed by atoms with Crippen molar-refractivity contribution in [1.82, 2.24) is 14.8 Å². The van der Waals surface area contributed by atoms with E-state index in [2.05, 4.69) is 15.5 Å². The van der Waals surface area contributed by atoms with Crippen molar-refractivity contribution >= 4 is 22.9 Å². The Bertz CT molecular complexity index is 1310. The molecule has 144 valence electrons. The SMILES string of the molecule is C(=NNc1ccc2ccccc2n1)c1cn(-c2ccccc2)nc1-c1ccccc1. The summed E-state index contributed by atoms with van der Waals surface area (Å²) in [5.41, 5.74) is 7.79. The summed E-state index contributed by atoms with van der Waals surface area (Å²) in [7, 11) is 0. The molecule has 2 aromatic heterocycles. The molecule has 2 heterocycles. The van der Waals surface area contributed by atoms with Gasteiger partial charge in [0.1, 0.15) is 11.5 Å². The molecule has 0 spiro atoms. The van der Waals surface area contributed by atoms with Crippen LogP contribution in [0.1, 0.15) is 5.56 Å². The number of para-hydroxylation sites is 2. The standard InChI is InChI=1S/C25H19N5/c1-3-10-20(11-4-1)25-21(18-30(29-25)22-12-5-2-6-13-22)17-26-28-24-16-15-19-9-7-8-14-23(19)27-24/h1-18H,(H,27,28). The van der Waals surface area contributed by atoms with E-state index in [9.17, 15) is 0 Å². The third kappa shape index (κ3) is 3.69. The summed E-state index contributed by atoms with van der Waals surface area (Å²) in [6.07, 6.45) is 3.77. The summed E-state index contributed by atoms with van der Waals surface area (Å²) < 4.78 is 1.87. The lowest BCUT2D eigenvalue weighted by Gasteiger charge is -2.02. The third-order valence-corrected chi connectivity index (χ3v) is 4.79. The van der Waals surface area contributed by atoms with Crippen LogP contribution >= 0.6 is 0 Å². The number of nitrogens with one attached hydrogen (secondary N) is 1. The highest BCUT2D eigenvalue weighted by Gasteiger charge is 2.10. The molecule has 1 N–H and O–H groups in total. The molecule has 0 amide bonds. The maximum atomic E-state index is 4.80. The quantitative estimate of drug-likeness (QED) is 0.317. The number of hydrazone groups is 1. The second-order valence-corrected chi connectivity index (χ2v) is 6.84. The van der Waals surface area contributed by atoms with Crippen LogP contribution in [0.5, 0.6) is 0 Å². The molecule has 0 bridgehead atoms. The van der Waals surface area contributed by atoms with Gasteiger partial charge in [-0.15, -0.1) is 0 Å². The Morgan fingerprint density at radius 3 is 2.33 bits per heavy atom. The van der Waals surface area contributed by atoms with Crippen molar-refractivity contribution in [3.05, 3.63) is 109 Å². The zero-order valence-corrected chi connectivity index (χ0v) is 16.2. The van der Waals surface area contributed by atoms with E-state index in [-0.39, 0.29) is 0 Å². The monoisotopic (exact) mass is 389 g/mol. The highest BCUT2D eigenvalue weighted by molar-refractivity contribution is 5.89. The zero-order chi connectivity index (χ0) is 20.2. The summed E-state index contributed by atoms with van der Waals surface area (Å²) in [6, 6.07) is 32.1. The summed E-state index contributed by atoms with van der Waals surface area (Å²) in [6.45, 7) is 0. The molecule has 5 heteroatoms. The molecular formula is C25H19N5. The van der Waals surface area contributed by atoms with Crippen LogP contribution in [-0.2, 0) is 0 Å². The summed E-state index contributed by atoms with van der Waals surface area (Å²) in [4.78, 5) is 4.59. The molecule has 0 saturated heterocycles. The third-order valence-electron chi connectivity index (χ3n) is 4.79. The number of fused-ring (bicyclic) bond motifs is 1. The van der Waals surface area contributed by atoms with E-state index in [1.807, 2.05) is 108 Å². The molecule has 0 aliphatic rings. The van der Waals surface area contributed by atoms with Crippen molar-refractivity contribution < 1.29 is 0 Å². The normalized spacial score (nSPS) is 11.2. The minimum absolute atomic E-state index is 0.696. The van der Waals surface area contributed by atoms with Crippen LogP contribution < -0.4 is 5.43 Å². The maximum Gasteiger partial charge on any atom is 0.146 e. The van der Waals surface area contributed by atoms with Gasteiger partial charge in [-0.2, -0.15) is 10.2 Å². The fourth-order valence-corrected chi connectivity index (χ4v) is 3.31. The molecule has 0 atom stereocenters. The molecule has 0 radical (unpaired) electrons. The van der Waals surface area contributed by atoms with Gasteiger partial charge in [0.15, 0.2) is 0 Å². The Kier molecular flexibility index (Phi) is 4.76. The Morgan fingerprint density at radius 1 is 0.767 bits per heavy atom. The second-order valence-electron chi connectivity index (χ2n) is 6.84. The van der Waals surface area contributed by atoms with Gasteiger partial charge in [0.25, 0.3) is 0 Å². The van der Waals surface area contributed by atoms with Crippen molar-refractivity contribution in [3.8, 4) is 16.9 Å². The number of aromatic nitrogens is 3. The molecule has 3 aromatic carbocycles. The Morgan fingerprint density at radius 2 is 1.50 bits per heavy atom. The minimum Gasteiger partial charge on any atom is -0.261 e. The molecule has 0 aliphatic carbocycles. The number of pyridine rings is 1. The Hall–Kier alpha value is -4.25. The first kappa shape index (κ1) is 17.8. The van der Waals surface area contributed by atoms with Gasteiger partial charge in [-0.3, -0.25) is 5.43 Å². The average molecular weight is 389 g/mol. The van der Waals surface area contributed by atoms with E-state index in [1.165, 1.54) is 0 Å².